The van der Waals surface area contributed by atoms with Gasteiger partial charge in [-0.05, 0) is 56.7 Å². The summed E-state index contributed by atoms with van der Waals surface area (Å²) >= 11 is 1.96. The molecule has 0 radical (unpaired) electrons. The van der Waals surface area contributed by atoms with Gasteiger partial charge in [0.15, 0.2) is 0 Å². The normalized spacial score (nSPS) is 26.9. The first-order valence-corrected chi connectivity index (χ1v) is 8.14. The Labute approximate surface area is 119 Å². The molecule has 2 unspecified atom stereocenters. The van der Waals surface area contributed by atoms with Crippen LogP contribution in [0.15, 0.2) is 29.2 Å². The van der Waals surface area contributed by atoms with E-state index in [2.05, 4.69) is 12.1 Å². The molecule has 19 heavy (non-hydrogen) atoms. The van der Waals surface area contributed by atoms with Gasteiger partial charge in [-0.1, -0.05) is 12.1 Å². The van der Waals surface area contributed by atoms with Crippen LogP contribution in [0.4, 0.5) is 0 Å². The van der Waals surface area contributed by atoms with Gasteiger partial charge in [0.05, 0.1) is 11.7 Å². The number of aliphatic hydroxyl groups excluding tert-OH is 1. The molecule has 1 spiro atoms. The number of hydrogen-bond donors (Lipinski definition) is 1. The van der Waals surface area contributed by atoms with Crippen LogP contribution in [0.25, 0.3) is 0 Å². The predicted octanol–water partition coefficient (Wildman–Crippen LogP) is 3.93. The third-order valence-electron chi connectivity index (χ3n) is 4.36. The molecular formula is C16H22O2S. The van der Waals surface area contributed by atoms with Crippen molar-refractivity contribution >= 4 is 11.8 Å². The van der Waals surface area contributed by atoms with Crippen LogP contribution >= 0.6 is 11.8 Å². The second-order valence-corrected chi connectivity index (χ2v) is 7.24. The van der Waals surface area contributed by atoms with E-state index in [1.165, 1.54) is 30.6 Å². The summed E-state index contributed by atoms with van der Waals surface area (Å²) in [7, 11) is 0. The highest BCUT2D eigenvalue weighted by molar-refractivity contribution is 8.00. The molecule has 1 saturated carbocycles. The van der Waals surface area contributed by atoms with Crippen LogP contribution in [0.2, 0.25) is 0 Å². The smallest absolute Gasteiger partial charge is 0.0762 e. The lowest BCUT2D eigenvalue weighted by molar-refractivity contribution is -0.125. The third-order valence-corrected chi connectivity index (χ3v) is 5.62. The van der Waals surface area contributed by atoms with Gasteiger partial charge in [-0.3, -0.25) is 0 Å². The van der Waals surface area contributed by atoms with Crippen molar-refractivity contribution in [2.24, 2.45) is 0 Å². The molecule has 2 nitrogen and oxygen atoms in total. The monoisotopic (exact) mass is 278 g/mol. The minimum Gasteiger partial charge on any atom is -0.389 e. The van der Waals surface area contributed by atoms with E-state index in [0.717, 1.165) is 18.6 Å². The Morgan fingerprint density at radius 3 is 2.95 bits per heavy atom. The van der Waals surface area contributed by atoms with Crippen LogP contribution < -0.4 is 0 Å². The fourth-order valence-corrected chi connectivity index (χ4v) is 4.39. The highest BCUT2D eigenvalue weighted by atomic mass is 32.2. The van der Waals surface area contributed by atoms with Gasteiger partial charge in [0.25, 0.3) is 0 Å². The lowest BCUT2D eigenvalue weighted by atomic mass is 9.75. The van der Waals surface area contributed by atoms with Gasteiger partial charge in [0.1, 0.15) is 0 Å². The average Bonchev–Trinajstić information content (AvgIpc) is 2.37. The minimum absolute atomic E-state index is 0.220. The topological polar surface area (TPSA) is 29.5 Å². The van der Waals surface area contributed by atoms with E-state index < -0.39 is 0 Å². The maximum absolute atomic E-state index is 9.66. The molecule has 2 fully saturated rings. The average molecular weight is 278 g/mol. The van der Waals surface area contributed by atoms with Crippen LogP contribution in [0, 0.1) is 0 Å². The van der Waals surface area contributed by atoms with Crippen LogP contribution in [0.1, 0.15) is 50.7 Å². The molecule has 3 heteroatoms. The standard InChI is InChI=1S/C16H22O2S/c1-12(17)13-4-2-5-14(10-13)19-15-6-9-18-16(11-15)7-3-8-16/h2,4-5,10,12,15,17H,3,6-9,11H2,1H3. The predicted molar refractivity (Wildman–Crippen MR) is 78.5 cm³/mol. The first-order valence-electron chi connectivity index (χ1n) is 7.26. The fourth-order valence-electron chi connectivity index (χ4n) is 3.04. The second kappa shape index (κ2) is 5.47. The fraction of sp³-hybridized carbons (Fsp3) is 0.625. The van der Waals surface area contributed by atoms with Crippen molar-refractivity contribution in [1.29, 1.82) is 0 Å². The number of thioether (sulfide) groups is 1. The zero-order valence-electron chi connectivity index (χ0n) is 11.5. The van der Waals surface area contributed by atoms with E-state index in [1.807, 2.05) is 30.8 Å². The molecule has 1 aliphatic carbocycles. The zero-order chi connectivity index (χ0) is 13.3. The summed E-state index contributed by atoms with van der Waals surface area (Å²) in [5.74, 6) is 0. The molecule has 3 rings (SSSR count). The molecular weight excluding hydrogens is 256 g/mol. The largest absolute Gasteiger partial charge is 0.389 e. The van der Waals surface area contributed by atoms with Crippen LogP contribution in [-0.4, -0.2) is 22.6 Å². The van der Waals surface area contributed by atoms with Crippen LogP contribution in [0.5, 0.6) is 0 Å². The van der Waals surface area contributed by atoms with E-state index in [1.54, 1.807) is 0 Å². The molecule has 1 aliphatic heterocycles. The minimum atomic E-state index is -0.381. The number of rotatable bonds is 3. The van der Waals surface area contributed by atoms with E-state index in [9.17, 15) is 5.11 Å². The van der Waals surface area contributed by atoms with Crippen molar-refractivity contribution in [3.63, 3.8) is 0 Å². The Kier molecular flexibility index (Phi) is 3.88. The van der Waals surface area contributed by atoms with Crippen LogP contribution in [0.3, 0.4) is 0 Å². The maximum Gasteiger partial charge on any atom is 0.0762 e. The van der Waals surface area contributed by atoms with Crippen molar-refractivity contribution < 1.29 is 9.84 Å². The summed E-state index contributed by atoms with van der Waals surface area (Å²) in [6.07, 6.45) is 5.78. The van der Waals surface area contributed by atoms with Crippen molar-refractivity contribution in [2.75, 3.05) is 6.61 Å². The molecule has 104 valence electrons. The summed E-state index contributed by atoms with van der Waals surface area (Å²) in [5.41, 5.74) is 1.23. The maximum atomic E-state index is 9.66. The summed E-state index contributed by atoms with van der Waals surface area (Å²) < 4.78 is 5.98. The van der Waals surface area contributed by atoms with Gasteiger partial charge >= 0.3 is 0 Å². The van der Waals surface area contributed by atoms with Gasteiger partial charge in [-0.2, -0.15) is 0 Å². The van der Waals surface area contributed by atoms with E-state index in [0.29, 0.717) is 5.25 Å². The summed E-state index contributed by atoms with van der Waals surface area (Å²) in [6, 6.07) is 8.31. The third kappa shape index (κ3) is 2.99. The summed E-state index contributed by atoms with van der Waals surface area (Å²) in [6.45, 7) is 2.73. The van der Waals surface area contributed by atoms with Gasteiger partial charge < -0.3 is 9.84 Å². The molecule has 1 aromatic carbocycles. The van der Waals surface area contributed by atoms with Gasteiger partial charge in [-0.15, -0.1) is 11.8 Å². The highest BCUT2D eigenvalue weighted by Gasteiger charge is 2.42. The summed E-state index contributed by atoms with van der Waals surface area (Å²) in [4.78, 5) is 1.28. The van der Waals surface area contributed by atoms with Gasteiger partial charge in [0.2, 0.25) is 0 Å². The number of ether oxygens (including phenoxy) is 1. The van der Waals surface area contributed by atoms with E-state index in [-0.39, 0.29) is 11.7 Å². The Hall–Kier alpha value is -0.510. The van der Waals surface area contributed by atoms with E-state index in [4.69, 9.17) is 4.74 Å². The number of hydrogen-bond acceptors (Lipinski definition) is 3. The highest BCUT2D eigenvalue weighted by Crippen LogP contribution is 2.46. The SMILES string of the molecule is CC(O)c1cccc(SC2CCOC3(CCC3)C2)c1. The van der Waals surface area contributed by atoms with E-state index >= 15 is 0 Å². The number of benzene rings is 1. The number of aliphatic hydroxyl groups is 1. The Morgan fingerprint density at radius 2 is 2.26 bits per heavy atom. The molecule has 0 bridgehead atoms. The molecule has 1 N–H and O–H groups in total. The zero-order valence-corrected chi connectivity index (χ0v) is 12.3. The van der Waals surface area contributed by atoms with Crippen molar-refractivity contribution in [2.45, 2.75) is 60.9 Å². The molecule has 0 amide bonds. The Bertz CT molecular complexity index is 440. The second-order valence-electron chi connectivity index (χ2n) is 5.87. The lowest BCUT2D eigenvalue weighted by Gasteiger charge is -2.47. The lowest BCUT2D eigenvalue weighted by Crippen LogP contribution is -2.46. The van der Waals surface area contributed by atoms with Gasteiger partial charge in [-0.25, -0.2) is 0 Å². The molecule has 0 aromatic heterocycles. The molecule has 1 heterocycles. The van der Waals surface area contributed by atoms with Crippen LogP contribution in [-0.2, 0) is 4.74 Å². The molecule has 2 aliphatic rings. The molecule has 2 atom stereocenters. The van der Waals surface area contributed by atoms with Crippen molar-refractivity contribution in [3.05, 3.63) is 29.8 Å². The Morgan fingerprint density at radius 1 is 1.42 bits per heavy atom. The quantitative estimate of drug-likeness (QED) is 0.908. The first kappa shape index (κ1) is 13.5. The first-order chi connectivity index (χ1) is 9.17. The molecule has 1 saturated heterocycles. The van der Waals surface area contributed by atoms with Crippen molar-refractivity contribution in [1.82, 2.24) is 0 Å². The Balaban J connectivity index is 1.65. The van der Waals surface area contributed by atoms with Crippen molar-refractivity contribution in [3.8, 4) is 0 Å². The molecule has 1 aromatic rings. The van der Waals surface area contributed by atoms with Gasteiger partial charge in [0, 0.05) is 16.8 Å². The summed E-state index contributed by atoms with van der Waals surface area (Å²) in [5, 5.41) is 10.3.